The van der Waals surface area contributed by atoms with Crippen molar-refractivity contribution in [3.63, 3.8) is 0 Å². The number of hydrogen-bond acceptors (Lipinski definition) is 8. The van der Waals surface area contributed by atoms with Gasteiger partial charge in [0.2, 0.25) is 22.1 Å². The lowest BCUT2D eigenvalue weighted by molar-refractivity contribution is -0.118. The molecule has 4 aromatic rings. The smallest absolute Gasteiger partial charge is 0.229 e. The SMILES string of the molecule is O=C(Nc1nnc(CCCCc2nnc(NC(=O)[C@@H]3CC3c3ccccc3)s2)s1)[C@@H]1CC1c1ccccc1. The molecule has 0 saturated heterocycles. The van der Waals surface area contributed by atoms with Crippen molar-refractivity contribution in [3.05, 3.63) is 81.8 Å². The maximum Gasteiger partial charge on any atom is 0.229 e. The molecule has 38 heavy (non-hydrogen) atoms. The molecule has 2 unspecified atom stereocenters. The third-order valence-corrected chi connectivity index (χ3v) is 8.93. The Balaban J connectivity index is 0.897. The van der Waals surface area contributed by atoms with Crippen molar-refractivity contribution in [3.8, 4) is 0 Å². The van der Waals surface area contributed by atoms with E-state index in [1.54, 1.807) is 0 Å². The molecule has 0 radical (unpaired) electrons. The second-order valence-corrected chi connectivity index (χ2v) is 12.0. The number of rotatable bonds is 11. The fourth-order valence-corrected chi connectivity index (χ4v) is 6.43. The molecule has 0 aliphatic heterocycles. The highest BCUT2D eigenvalue weighted by Crippen LogP contribution is 2.48. The Bertz CT molecular complexity index is 1300. The zero-order chi connectivity index (χ0) is 25.9. The van der Waals surface area contributed by atoms with Crippen LogP contribution in [0.15, 0.2) is 60.7 Å². The Hall–Kier alpha value is -3.50. The van der Waals surface area contributed by atoms with E-state index in [1.807, 2.05) is 36.4 Å². The van der Waals surface area contributed by atoms with Gasteiger partial charge in [-0.3, -0.25) is 9.59 Å². The molecular formula is C28H28N6O2S2. The summed E-state index contributed by atoms with van der Waals surface area (Å²) >= 11 is 2.88. The van der Waals surface area contributed by atoms with Gasteiger partial charge in [-0.2, -0.15) is 0 Å². The van der Waals surface area contributed by atoms with E-state index in [0.29, 0.717) is 22.1 Å². The van der Waals surface area contributed by atoms with Crippen LogP contribution < -0.4 is 10.6 Å². The summed E-state index contributed by atoms with van der Waals surface area (Å²) in [5, 5.41) is 25.6. The van der Waals surface area contributed by atoms with Gasteiger partial charge < -0.3 is 10.6 Å². The topological polar surface area (TPSA) is 110 Å². The van der Waals surface area contributed by atoms with Crippen LogP contribution in [0, 0.1) is 11.8 Å². The number of carbonyl (C=O) groups is 2. The molecule has 4 atom stereocenters. The lowest BCUT2D eigenvalue weighted by atomic mass is 10.1. The summed E-state index contributed by atoms with van der Waals surface area (Å²) in [5.41, 5.74) is 2.44. The predicted octanol–water partition coefficient (Wildman–Crippen LogP) is 5.44. The van der Waals surface area contributed by atoms with E-state index in [9.17, 15) is 9.59 Å². The Morgan fingerprint density at radius 3 is 1.50 bits per heavy atom. The molecule has 2 amide bonds. The number of aryl methyl sites for hydroxylation is 2. The quantitative estimate of drug-likeness (QED) is 0.243. The van der Waals surface area contributed by atoms with Gasteiger partial charge in [0.1, 0.15) is 10.0 Å². The largest absolute Gasteiger partial charge is 0.300 e. The van der Waals surface area contributed by atoms with Gasteiger partial charge in [0, 0.05) is 24.7 Å². The number of nitrogens with zero attached hydrogens (tertiary/aromatic N) is 4. The van der Waals surface area contributed by atoms with Gasteiger partial charge in [-0.05, 0) is 48.6 Å². The van der Waals surface area contributed by atoms with Crippen LogP contribution in [0.5, 0.6) is 0 Å². The molecule has 0 bridgehead atoms. The number of hydrogen-bond donors (Lipinski definition) is 2. The number of carbonyl (C=O) groups excluding carboxylic acids is 2. The van der Waals surface area contributed by atoms with Crippen LogP contribution in [0.2, 0.25) is 0 Å². The highest BCUT2D eigenvalue weighted by Gasteiger charge is 2.44. The lowest BCUT2D eigenvalue weighted by Crippen LogP contribution is -2.14. The standard InChI is InChI=1S/C28H28N6O2S2/c35-25(21-15-19(21)17-9-3-1-4-10-17)29-27-33-31-23(37-27)13-7-8-14-24-32-34-28(38-24)30-26(36)22-16-20(22)18-11-5-2-6-12-18/h1-6,9-12,19-22H,7-8,13-16H2,(H,29,33,35)(H,30,34,36)/t19?,20?,21-,22-/m1/s1. The summed E-state index contributed by atoms with van der Waals surface area (Å²) in [6.45, 7) is 0. The Morgan fingerprint density at radius 2 is 1.08 bits per heavy atom. The predicted molar refractivity (Wildman–Crippen MR) is 148 cm³/mol. The van der Waals surface area contributed by atoms with Gasteiger partial charge in [0.15, 0.2) is 0 Å². The number of anilines is 2. The minimum absolute atomic E-state index is 0.0147. The Morgan fingerprint density at radius 1 is 0.658 bits per heavy atom. The first-order valence-corrected chi connectivity index (χ1v) is 14.6. The molecule has 2 aromatic carbocycles. The summed E-state index contributed by atoms with van der Waals surface area (Å²) in [6, 6.07) is 20.3. The molecule has 6 rings (SSSR count). The minimum atomic E-state index is 0.0147. The number of nitrogens with one attached hydrogen (secondary N) is 2. The highest BCUT2D eigenvalue weighted by molar-refractivity contribution is 7.15. The molecule has 0 spiro atoms. The summed E-state index contributed by atoms with van der Waals surface area (Å²) in [6.07, 6.45) is 5.23. The molecule has 2 aromatic heterocycles. The Kier molecular flexibility index (Phi) is 7.24. The normalized spacial score (nSPS) is 21.6. The third-order valence-electron chi connectivity index (χ3n) is 7.14. The molecule has 2 aliphatic rings. The molecule has 2 heterocycles. The number of benzene rings is 2. The first kappa shape index (κ1) is 24.8. The van der Waals surface area contributed by atoms with Crippen LogP contribution in [0.4, 0.5) is 10.3 Å². The first-order chi connectivity index (χ1) is 18.6. The van der Waals surface area contributed by atoms with Crippen LogP contribution in [0.3, 0.4) is 0 Å². The average molecular weight is 545 g/mol. The van der Waals surface area contributed by atoms with Crippen molar-refractivity contribution in [2.45, 2.75) is 50.4 Å². The zero-order valence-electron chi connectivity index (χ0n) is 20.7. The molecule has 2 aliphatic carbocycles. The minimum Gasteiger partial charge on any atom is -0.300 e. The van der Waals surface area contributed by atoms with E-state index in [2.05, 4.69) is 55.3 Å². The lowest BCUT2D eigenvalue weighted by Gasteiger charge is -2.01. The summed E-state index contributed by atoms with van der Waals surface area (Å²) in [7, 11) is 0. The molecular weight excluding hydrogens is 516 g/mol. The van der Waals surface area contributed by atoms with Gasteiger partial charge in [-0.15, -0.1) is 20.4 Å². The van der Waals surface area contributed by atoms with E-state index >= 15 is 0 Å². The second-order valence-electron chi connectivity index (χ2n) is 9.91. The molecule has 2 fully saturated rings. The van der Waals surface area contributed by atoms with E-state index in [1.165, 1.54) is 33.8 Å². The third kappa shape index (κ3) is 5.97. The maximum atomic E-state index is 12.6. The number of aromatic nitrogens is 4. The van der Waals surface area contributed by atoms with E-state index in [4.69, 9.17) is 0 Å². The van der Waals surface area contributed by atoms with Crippen molar-refractivity contribution in [2.75, 3.05) is 10.6 Å². The fourth-order valence-electron chi connectivity index (χ4n) is 4.87. The van der Waals surface area contributed by atoms with Crippen molar-refractivity contribution < 1.29 is 9.59 Å². The van der Waals surface area contributed by atoms with Gasteiger partial charge >= 0.3 is 0 Å². The van der Waals surface area contributed by atoms with Gasteiger partial charge in [0.25, 0.3) is 0 Å². The van der Waals surface area contributed by atoms with Crippen molar-refractivity contribution in [1.29, 1.82) is 0 Å². The summed E-state index contributed by atoms with van der Waals surface area (Å²) in [5.74, 6) is 0.688. The van der Waals surface area contributed by atoms with Crippen LogP contribution in [-0.4, -0.2) is 32.2 Å². The molecule has 194 valence electrons. The van der Waals surface area contributed by atoms with Gasteiger partial charge in [0.05, 0.1) is 0 Å². The maximum absolute atomic E-state index is 12.6. The summed E-state index contributed by atoms with van der Waals surface area (Å²) < 4.78 is 0. The number of amides is 2. The second kappa shape index (κ2) is 11.1. The Labute approximate surface area is 228 Å². The van der Waals surface area contributed by atoms with Crippen molar-refractivity contribution in [1.82, 2.24) is 20.4 Å². The molecule has 10 heteroatoms. The van der Waals surface area contributed by atoms with Crippen LogP contribution in [0.25, 0.3) is 0 Å². The first-order valence-electron chi connectivity index (χ1n) is 13.0. The van der Waals surface area contributed by atoms with Gasteiger partial charge in [-0.1, -0.05) is 83.3 Å². The van der Waals surface area contributed by atoms with Crippen LogP contribution in [-0.2, 0) is 22.4 Å². The van der Waals surface area contributed by atoms with E-state index < -0.39 is 0 Å². The van der Waals surface area contributed by atoms with Crippen LogP contribution >= 0.6 is 22.7 Å². The molecule has 2 saturated carbocycles. The molecule has 8 nitrogen and oxygen atoms in total. The average Bonchev–Trinajstić information content (AvgIpc) is 3.84. The zero-order valence-corrected chi connectivity index (χ0v) is 22.4. The number of unbranched alkanes of at least 4 members (excludes halogenated alkanes) is 1. The van der Waals surface area contributed by atoms with Crippen LogP contribution in [0.1, 0.15) is 58.7 Å². The van der Waals surface area contributed by atoms with E-state index in [0.717, 1.165) is 48.5 Å². The highest BCUT2D eigenvalue weighted by atomic mass is 32.1. The fraction of sp³-hybridized carbons (Fsp3) is 0.357. The van der Waals surface area contributed by atoms with E-state index in [-0.39, 0.29) is 23.7 Å². The molecule has 2 N–H and O–H groups in total. The van der Waals surface area contributed by atoms with Crippen molar-refractivity contribution in [2.24, 2.45) is 11.8 Å². The summed E-state index contributed by atoms with van der Waals surface area (Å²) in [4.78, 5) is 25.1. The van der Waals surface area contributed by atoms with Crippen molar-refractivity contribution >= 4 is 44.8 Å². The van der Waals surface area contributed by atoms with Gasteiger partial charge in [-0.25, -0.2) is 0 Å². The monoisotopic (exact) mass is 544 g/mol.